The number of hydrogen-bond donors (Lipinski definition) is 3. The fraction of sp³-hybridized carbons (Fsp3) is 0.333. The van der Waals surface area contributed by atoms with Gasteiger partial charge in [-0.1, -0.05) is 12.1 Å². The van der Waals surface area contributed by atoms with Crippen molar-refractivity contribution in [1.82, 2.24) is 10.6 Å². The number of hydrogen-bond acceptors (Lipinski definition) is 4. The van der Waals surface area contributed by atoms with Gasteiger partial charge in [0.1, 0.15) is 0 Å². The molecule has 0 saturated carbocycles. The van der Waals surface area contributed by atoms with E-state index in [1.807, 2.05) is 0 Å². The van der Waals surface area contributed by atoms with Crippen LogP contribution in [0.4, 0.5) is 5.69 Å². The summed E-state index contributed by atoms with van der Waals surface area (Å²) in [5.41, 5.74) is 0.432. The van der Waals surface area contributed by atoms with Gasteiger partial charge < -0.3 is 10.6 Å². The van der Waals surface area contributed by atoms with E-state index in [4.69, 9.17) is 0 Å². The van der Waals surface area contributed by atoms with E-state index in [2.05, 4.69) is 15.4 Å². The first-order chi connectivity index (χ1) is 9.35. The standard InChI is InChI=1S/C12H15N3O4S/c1-20(18,19)15-10-5-3-2-4-9(10)12(17)14-8-6-11(16)13-7-8/h2-5,8,15H,6-7H2,1H3,(H,13,16)(H,14,17). The summed E-state index contributed by atoms with van der Waals surface area (Å²) >= 11 is 0. The Morgan fingerprint density at radius 3 is 2.65 bits per heavy atom. The number of carbonyl (C=O) groups excluding carboxylic acids is 2. The molecule has 2 rings (SSSR count). The molecule has 1 atom stereocenters. The van der Waals surface area contributed by atoms with Gasteiger partial charge >= 0.3 is 0 Å². The number of benzene rings is 1. The number of anilines is 1. The van der Waals surface area contributed by atoms with Crippen LogP contribution in [-0.4, -0.2) is 39.1 Å². The van der Waals surface area contributed by atoms with Crippen LogP contribution < -0.4 is 15.4 Å². The molecule has 1 heterocycles. The minimum atomic E-state index is -3.47. The van der Waals surface area contributed by atoms with Crippen LogP contribution in [0.25, 0.3) is 0 Å². The van der Waals surface area contributed by atoms with E-state index < -0.39 is 15.9 Å². The summed E-state index contributed by atoms with van der Waals surface area (Å²) in [5, 5.41) is 5.31. The van der Waals surface area contributed by atoms with Crippen LogP contribution in [-0.2, 0) is 14.8 Å². The van der Waals surface area contributed by atoms with Gasteiger partial charge in [-0.2, -0.15) is 0 Å². The molecule has 1 aliphatic rings. The third kappa shape index (κ3) is 3.70. The molecule has 1 saturated heterocycles. The van der Waals surface area contributed by atoms with Crippen molar-refractivity contribution in [3.63, 3.8) is 0 Å². The van der Waals surface area contributed by atoms with Gasteiger partial charge in [0, 0.05) is 13.0 Å². The van der Waals surface area contributed by atoms with Crippen molar-refractivity contribution in [2.45, 2.75) is 12.5 Å². The molecular formula is C12H15N3O4S. The third-order valence-corrected chi connectivity index (χ3v) is 3.37. The van der Waals surface area contributed by atoms with E-state index in [1.165, 1.54) is 12.1 Å². The molecule has 7 nitrogen and oxygen atoms in total. The van der Waals surface area contributed by atoms with Crippen LogP contribution in [0.5, 0.6) is 0 Å². The Morgan fingerprint density at radius 1 is 1.35 bits per heavy atom. The van der Waals surface area contributed by atoms with E-state index in [1.54, 1.807) is 12.1 Å². The third-order valence-electron chi connectivity index (χ3n) is 2.78. The molecule has 1 fully saturated rings. The zero-order valence-electron chi connectivity index (χ0n) is 10.8. The average Bonchev–Trinajstić information content (AvgIpc) is 2.73. The van der Waals surface area contributed by atoms with Crippen molar-refractivity contribution in [2.75, 3.05) is 17.5 Å². The molecule has 0 spiro atoms. The largest absolute Gasteiger partial charge is 0.354 e. The van der Waals surface area contributed by atoms with Gasteiger partial charge in [-0.05, 0) is 12.1 Å². The highest BCUT2D eigenvalue weighted by molar-refractivity contribution is 7.92. The van der Waals surface area contributed by atoms with Crippen molar-refractivity contribution < 1.29 is 18.0 Å². The minimum absolute atomic E-state index is 0.113. The molecule has 108 valence electrons. The van der Waals surface area contributed by atoms with Gasteiger partial charge in [0.15, 0.2) is 0 Å². The summed E-state index contributed by atoms with van der Waals surface area (Å²) < 4.78 is 24.8. The first-order valence-electron chi connectivity index (χ1n) is 5.99. The van der Waals surface area contributed by atoms with E-state index in [0.717, 1.165) is 6.26 Å². The van der Waals surface area contributed by atoms with Crippen molar-refractivity contribution in [3.8, 4) is 0 Å². The van der Waals surface area contributed by atoms with Gasteiger partial charge in [-0.15, -0.1) is 0 Å². The van der Waals surface area contributed by atoms with Gasteiger partial charge in [0.05, 0.1) is 23.5 Å². The maximum atomic E-state index is 12.1. The number of nitrogens with one attached hydrogen (secondary N) is 3. The quantitative estimate of drug-likeness (QED) is 0.708. The molecule has 0 radical (unpaired) electrons. The Morgan fingerprint density at radius 2 is 2.05 bits per heavy atom. The molecule has 0 bridgehead atoms. The SMILES string of the molecule is CS(=O)(=O)Nc1ccccc1C(=O)NC1CNC(=O)C1. The summed E-state index contributed by atoms with van der Waals surface area (Å²) in [6, 6.07) is 6.02. The number of rotatable bonds is 4. The molecular weight excluding hydrogens is 282 g/mol. The molecule has 1 aliphatic heterocycles. The summed E-state index contributed by atoms with van der Waals surface area (Å²) in [6.45, 7) is 0.381. The highest BCUT2D eigenvalue weighted by Crippen LogP contribution is 2.16. The average molecular weight is 297 g/mol. The molecule has 3 N–H and O–H groups in total. The van der Waals surface area contributed by atoms with Gasteiger partial charge in [0.2, 0.25) is 15.9 Å². The number of carbonyl (C=O) groups is 2. The van der Waals surface area contributed by atoms with Gasteiger partial charge in [0.25, 0.3) is 5.91 Å². The number of sulfonamides is 1. The van der Waals surface area contributed by atoms with Gasteiger partial charge in [-0.3, -0.25) is 14.3 Å². The second-order valence-corrected chi connectivity index (χ2v) is 6.35. The Kier molecular flexibility index (Phi) is 3.93. The Labute approximate surface area is 116 Å². The summed E-state index contributed by atoms with van der Waals surface area (Å²) in [6.07, 6.45) is 1.24. The highest BCUT2D eigenvalue weighted by atomic mass is 32.2. The topological polar surface area (TPSA) is 104 Å². The minimum Gasteiger partial charge on any atom is -0.354 e. The smallest absolute Gasteiger partial charge is 0.253 e. The highest BCUT2D eigenvalue weighted by Gasteiger charge is 2.24. The van der Waals surface area contributed by atoms with E-state index in [9.17, 15) is 18.0 Å². The van der Waals surface area contributed by atoms with Crippen LogP contribution in [0.2, 0.25) is 0 Å². The van der Waals surface area contributed by atoms with Crippen LogP contribution in [0.15, 0.2) is 24.3 Å². The molecule has 20 heavy (non-hydrogen) atoms. The molecule has 8 heteroatoms. The van der Waals surface area contributed by atoms with Crippen molar-refractivity contribution in [3.05, 3.63) is 29.8 Å². The maximum Gasteiger partial charge on any atom is 0.253 e. The second kappa shape index (κ2) is 5.49. The van der Waals surface area contributed by atoms with E-state index in [-0.39, 0.29) is 29.6 Å². The molecule has 1 unspecified atom stereocenters. The summed E-state index contributed by atoms with van der Waals surface area (Å²) in [5.74, 6) is -0.531. The number of para-hydroxylation sites is 1. The lowest BCUT2D eigenvalue weighted by Crippen LogP contribution is -2.36. The molecule has 0 aliphatic carbocycles. The first kappa shape index (κ1) is 14.3. The van der Waals surface area contributed by atoms with E-state index >= 15 is 0 Å². The molecule has 0 aromatic heterocycles. The van der Waals surface area contributed by atoms with Crippen LogP contribution in [0, 0.1) is 0 Å². The van der Waals surface area contributed by atoms with Crippen molar-refractivity contribution in [2.24, 2.45) is 0 Å². The Balaban J connectivity index is 2.15. The lowest BCUT2D eigenvalue weighted by Gasteiger charge is -2.13. The fourth-order valence-electron chi connectivity index (χ4n) is 1.94. The zero-order chi connectivity index (χ0) is 14.8. The second-order valence-electron chi connectivity index (χ2n) is 4.60. The Bertz CT molecular complexity index is 642. The molecule has 1 aromatic carbocycles. The van der Waals surface area contributed by atoms with Gasteiger partial charge in [-0.25, -0.2) is 8.42 Å². The predicted molar refractivity (Wildman–Crippen MR) is 73.8 cm³/mol. The summed E-state index contributed by atoms with van der Waals surface area (Å²) in [4.78, 5) is 23.2. The van der Waals surface area contributed by atoms with Crippen molar-refractivity contribution >= 4 is 27.5 Å². The van der Waals surface area contributed by atoms with Crippen molar-refractivity contribution in [1.29, 1.82) is 0 Å². The van der Waals surface area contributed by atoms with E-state index in [0.29, 0.717) is 6.54 Å². The molecule has 1 aromatic rings. The fourth-order valence-corrected chi connectivity index (χ4v) is 2.52. The van der Waals surface area contributed by atoms with Crippen LogP contribution in [0.3, 0.4) is 0 Å². The monoisotopic (exact) mass is 297 g/mol. The molecule has 2 amide bonds. The van der Waals surface area contributed by atoms with Crippen LogP contribution in [0.1, 0.15) is 16.8 Å². The Hall–Kier alpha value is -2.09. The first-order valence-corrected chi connectivity index (χ1v) is 7.88. The predicted octanol–water partition coefficient (Wildman–Crippen LogP) is -0.324. The normalized spacial score (nSPS) is 18.4. The van der Waals surface area contributed by atoms with Crippen LogP contribution >= 0.6 is 0 Å². The lowest BCUT2D eigenvalue weighted by atomic mass is 10.1. The summed E-state index contributed by atoms with van der Waals surface area (Å²) in [7, 11) is -3.47. The lowest BCUT2D eigenvalue weighted by molar-refractivity contribution is -0.119. The zero-order valence-corrected chi connectivity index (χ0v) is 11.7. The maximum absolute atomic E-state index is 12.1. The number of amides is 2.